The fourth-order valence-corrected chi connectivity index (χ4v) is 12.2. The van der Waals surface area contributed by atoms with Crippen molar-refractivity contribution in [2.24, 2.45) is 23.7 Å². The van der Waals surface area contributed by atoms with Gasteiger partial charge in [-0.25, -0.2) is 34.0 Å². The van der Waals surface area contributed by atoms with Crippen molar-refractivity contribution in [1.82, 2.24) is 49.8 Å². The van der Waals surface area contributed by atoms with Gasteiger partial charge in [-0.15, -0.1) is 10.2 Å². The molecule has 0 aromatic carbocycles. The van der Waals surface area contributed by atoms with Crippen LogP contribution in [0.15, 0.2) is 61.0 Å². The predicted octanol–water partition coefficient (Wildman–Crippen LogP) is 8.08. The maximum absolute atomic E-state index is 12.4. The molecule has 0 unspecified atom stereocenters. The van der Waals surface area contributed by atoms with E-state index in [0.717, 1.165) is 85.6 Å². The number of hydrogen-bond acceptors (Lipinski definition) is 18. The van der Waals surface area contributed by atoms with Crippen LogP contribution in [0.1, 0.15) is 105 Å². The summed E-state index contributed by atoms with van der Waals surface area (Å²) in [4.78, 5) is 48.8. The highest BCUT2D eigenvalue weighted by atomic mass is 127. The highest BCUT2D eigenvalue weighted by molar-refractivity contribution is 14.1. The van der Waals surface area contributed by atoms with Gasteiger partial charge < -0.3 is 49.4 Å². The lowest BCUT2D eigenvalue weighted by Crippen LogP contribution is -2.45. The molecule has 2 saturated heterocycles. The van der Waals surface area contributed by atoms with E-state index in [1.807, 2.05) is 88.9 Å². The van der Waals surface area contributed by atoms with Crippen molar-refractivity contribution in [2.45, 2.75) is 117 Å². The van der Waals surface area contributed by atoms with Crippen LogP contribution in [-0.4, -0.2) is 132 Å². The van der Waals surface area contributed by atoms with Gasteiger partial charge in [-0.05, 0) is 119 Å². The monoisotopic (exact) mass is 1190 g/mol. The number of ether oxygens (including phenoxy) is 4. The summed E-state index contributed by atoms with van der Waals surface area (Å²) in [5.74, 6) is 3.06. The minimum absolute atomic E-state index is 0.00205. The molecule has 2 aliphatic carbocycles. The van der Waals surface area contributed by atoms with Crippen LogP contribution >= 0.6 is 45.3 Å². The van der Waals surface area contributed by atoms with E-state index in [2.05, 4.69) is 96.1 Å². The number of halogens is 1. The van der Waals surface area contributed by atoms with Gasteiger partial charge in [-0.3, -0.25) is 0 Å². The number of carbonyl (C=O) groups is 2. The number of hydrogen-bond donors (Lipinski definition) is 4. The highest BCUT2D eigenvalue weighted by Crippen LogP contribution is 2.40. The number of amides is 2. The Morgan fingerprint density at radius 1 is 0.697 bits per heavy atom. The van der Waals surface area contributed by atoms with E-state index in [-0.39, 0.29) is 41.5 Å². The van der Waals surface area contributed by atoms with Crippen molar-refractivity contribution < 1.29 is 38.6 Å². The highest BCUT2D eigenvalue weighted by Gasteiger charge is 2.42. The first-order valence-electron chi connectivity index (χ1n) is 25.6. The molecule has 2 aliphatic heterocycles. The fourth-order valence-electron chi connectivity index (χ4n) is 9.75. The van der Waals surface area contributed by atoms with Crippen molar-refractivity contribution in [3.8, 4) is 23.0 Å². The lowest BCUT2D eigenvalue weighted by Gasteiger charge is -2.30. The van der Waals surface area contributed by atoms with E-state index in [4.69, 9.17) is 44.2 Å². The topological polar surface area (TPSA) is 228 Å². The maximum atomic E-state index is 12.4. The molecule has 4 N–H and O–H groups in total. The van der Waals surface area contributed by atoms with Crippen LogP contribution in [0.3, 0.4) is 0 Å². The maximum Gasteiger partial charge on any atom is 0.494 e. The van der Waals surface area contributed by atoms with Crippen molar-refractivity contribution in [2.75, 3.05) is 50.2 Å². The summed E-state index contributed by atoms with van der Waals surface area (Å²) in [7, 11) is 1.56. The number of allylic oxidation sites excluding steroid dienone is 2. The van der Waals surface area contributed by atoms with Gasteiger partial charge in [0.15, 0.2) is 0 Å². The van der Waals surface area contributed by atoms with Gasteiger partial charge >= 0.3 is 19.3 Å². The van der Waals surface area contributed by atoms with Gasteiger partial charge in [0.05, 0.1) is 50.0 Å². The number of anilines is 2. The summed E-state index contributed by atoms with van der Waals surface area (Å²) >= 11 is 5.43. The molecule has 76 heavy (non-hydrogen) atoms. The number of alkyl carbamates (subject to hydrolysis) is 2. The van der Waals surface area contributed by atoms with Gasteiger partial charge in [-0.1, -0.05) is 80.7 Å². The first-order chi connectivity index (χ1) is 36.0. The summed E-state index contributed by atoms with van der Waals surface area (Å²) in [5.41, 5.74) is 2.85. The van der Waals surface area contributed by atoms with Crippen LogP contribution in [0.4, 0.5) is 19.9 Å². The number of rotatable bonds is 10. The van der Waals surface area contributed by atoms with Crippen molar-refractivity contribution in [3.05, 3.63) is 76.1 Å². The zero-order valence-electron chi connectivity index (χ0n) is 45.2. The first-order valence-corrected chi connectivity index (χ1v) is 28.3. The van der Waals surface area contributed by atoms with Crippen molar-refractivity contribution in [3.63, 3.8) is 0 Å². The molecule has 2 amide bonds. The van der Waals surface area contributed by atoms with Gasteiger partial charge in [0, 0.05) is 54.9 Å². The predicted molar refractivity (Wildman–Crippen MR) is 305 cm³/mol. The Bertz CT molecular complexity index is 3050. The normalized spacial score (nSPS) is 21.0. The van der Waals surface area contributed by atoms with Gasteiger partial charge in [0.25, 0.3) is 0 Å². The zero-order valence-corrected chi connectivity index (χ0v) is 49.0. The van der Waals surface area contributed by atoms with Crippen molar-refractivity contribution >= 4 is 90.2 Å². The number of nitrogens with zero attached hydrogens (tertiary/aromatic N) is 10. The summed E-state index contributed by atoms with van der Waals surface area (Å²) in [6, 6.07) is 7.39. The van der Waals surface area contributed by atoms with Gasteiger partial charge in [0.1, 0.15) is 14.9 Å². The molecule has 2 fully saturated rings. The van der Waals surface area contributed by atoms with Crippen LogP contribution in [0.25, 0.3) is 21.2 Å². The molecule has 0 spiro atoms. The van der Waals surface area contributed by atoms with E-state index < -0.39 is 18.3 Å². The average Bonchev–Trinajstić information content (AvgIpc) is 4.23. The van der Waals surface area contributed by atoms with E-state index in [0.29, 0.717) is 35.5 Å². The molecule has 20 nitrogen and oxygen atoms in total. The molecule has 0 radical (unpaired) electrons. The molecule has 0 saturated carbocycles. The van der Waals surface area contributed by atoms with E-state index >= 15 is 0 Å². The van der Waals surface area contributed by atoms with Crippen LogP contribution in [0.5, 0.6) is 11.8 Å². The number of fused-ring (bicyclic) bond motifs is 4. The van der Waals surface area contributed by atoms with Crippen molar-refractivity contribution in [1.29, 1.82) is 0 Å². The Morgan fingerprint density at radius 2 is 1.17 bits per heavy atom. The van der Waals surface area contributed by atoms with Crippen LogP contribution in [0, 0.1) is 27.4 Å². The SMILES string of the molecule is CC(C)(C)OC(=O)N[C@@H]1C=CC[C@@H]2CN(c3nn4c(I)cnc4s3)C[C@@H]21.COc1nc(C(C)C)ccc1-c1cnc2sc(N3C[C@H]4CC=C[C@@H](NC(=O)OC(C)(C)C)[C@H]4C3)nn12.COc1nc(C(C)C)ccc1B(O)O. The Kier molecular flexibility index (Phi) is 17.6. The third-order valence-corrected chi connectivity index (χ3v) is 16.1. The van der Waals surface area contributed by atoms with Gasteiger partial charge in [-0.2, -0.15) is 4.52 Å². The first kappa shape index (κ1) is 56.6. The number of aromatic nitrogens is 8. The van der Waals surface area contributed by atoms with Crippen LogP contribution in [0.2, 0.25) is 0 Å². The molecular weight excluding hydrogens is 1120 g/mol. The Labute approximate surface area is 466 Å². The summed E-state index contributed by atoms with van der Waals surface area (Å²) in [6.45, 7) is 23.0. The van der Waals surface area contributed by atoms with E-state index in [1.54, 1.807) is 41.9 Å². The molecule has 4 aliphatic rings. The molecule has 6 aromatic rings. The zero-order chi connectivity index (χ0) is 54.8. The van der Waals surface area contributed by atoms with E-state index in [9.17, 15) is 9.59 Å². The fraction of sp³-hybridized carbons (Fsp3) is 0.538. The minimum Gasteiger partial charge on any atom is -0.481 e. The Balaban J connectivity index is 0.000000167. The largest absolute Gasteiger partial charge is 0.494 e. The molecule has 0 bridgehead atoms. The van der Waals surface area contributed by atoms with Crippen LogP contribution < -0.4 is 35.4 Å². The Morgan fingerprint density at radius 3 is 1.64 bits per heavy atom. The second-order valence-electron chi connectivity index (χ2n) is 22.0. The van der Waals surface area contributed by atoms with Gasteiger partial charge in [0.2, 0.25) is 31.9 Å². The number of carbonyl (C=O) groups excluding carboxylic acids is 2. The number of nitrogens with one attached hydrogen (secondary N) is 2. The number of pyridine rings is 2. The lowest BCUT2D eigenvalue weighted by atomic mass is 9.80. The summed E-state index contributed by atoms with van der Waals surface area (Å²) in [5, 5.41) is 35.7. The Hall–Kier alpha value is -5.57. The second-order valence-corrected chi connectivity index (χ2v) is 25.0. The molecule has 6 atom stereocenters. The quantitative estimate of drug-likeness (QED) is 0.0577. The lowest BCUT2D eigenvalue weighted by molar-refractivity contribution is 0.0483. The molecule has 10 rings (SSSR count). The smallest absolute Gasteiger partial charge is 0.481 e. The standard InChI is InChI=1S/C26H34N6O3S.C17H22IN5O2S.C9H14BNO3/c1-15(2)19-11-10-17(22(28-19)34-6)21-12-27-23-32(21)30-24(36-23)31-13-16-8-7-9-20(18(16)14-31)29-25(33)35-26(3,4)5;1-17(2,3)25-16(24)20-12-6-4-5-10-8-22(9-11(10)12)15-21-23-13(18)7-19-14(23)26-15;1-6(2)8-5-4-7(10(12)13)9(11-8)14-3/h7,9-12,15-16,18,20H,8,13-14H2,1-6H3,(H,29,33);4,6-7,10-12H,5,8-9H2,1-3H3,(H,20,24);4-6,12-13H,1-3H3/t16-,18+,20-;10-,11+,12-;/m11./s1. The molecule has 8 heterocycles. The third-order valence-electron chi connectivity index (χ3n) is 13.4. The second kappa shape index (κ2) is 23.6. The molecule has 408 valence electrons. The van der Waals surface area contributed by atoms with E-state index in [1.165, 1.54) is 7.11 Å². The number of methoxy groups -OCH3 is 2. The molecule has 24 heteroatoms. The summed E-state index contributed by atoms with van der Waals surface area (Å²) in [6.07, 6.45) is 13.5. The van der Waals surface area contributed by atoms with Crippen LogP contribution in [-0.2, 0) is 9.47 Å². The molecular formula is C52H70BIN12O8S2. The summed E-state index contributed by atoms with van der Waals surface area (Å²) < 4.78 is 26.3. The molecule has 6 aromatic heterocycles. The average molecular weight is 1190 g/mol. The minimum atomic E-state index is -1.54. The third kappa shape index (κ3) is 13.4. The number of imidazole rings is 2.